The maximum atomic E-state index is 12.6. The number of rotatable bonds is 4. The molecule has 0 bridgehead atoms. The highest BCUT2D eigenvalue weighted by atomic mass is 19.1. The molecule has 0 saturated heterocycles. The van der Waals surface area contributed by atoms with E-state index in [1.807, 2.05) is 0 Å². The van der Waals surface area contributed by atoms with Crippen LogP contribution in [-0.2, 0) is 4.79 Å². The molecular weight excluding hydrogens is 243 g/mol. The topological polar surface area (TPSA) is 98.7 Å². The van der Waals surface area contributed by atoms with Gasteiger partial charge in [0.25, 0.3) is 0 Å². The Bertz CT molecular complexity index is 433. The van der Waals surface area contributed by atoms with E-state index in [4.69, 9.17) is 10.2 Å². The van der Waals surface area contributed by atoms with E-state index < -0.39 is 30.0 Å². The first-order valence-electron chi connectivity index (χ1n) is 5.14. The molecule has 18 heavy (non-hydrogen) atoms. The molecule has 2 atom stereocenters. The Morgan fingerprint density at radius 3 is 2.28 bits per heavy atom. The number of halogens is 1. The second kappa shape index (κ2) is 5.97. The summed E-state index contributed by atoms with van der Waals surface area (Å²) in [5, 5.41) is 22.3. The van der Waals surface area contributed by atoms with Crippen molar-refractivity contribution in [1.82, 2.24) is 5.32 Å². The van der Waals surface area contributed by atoms with Crippen LogP contribution in [-0.4, -0.2) is 34.4 Å². The molecule has 4 N–H and O–H groups in total. The van der Waals surface area contributed by atoms with Gasteiger partial charge in [0.2, 0.25) is 0 Å². The third-order valence-corrected chi connectivity index (χ3v) is 2.14. The minimum atomic E-state index is -1.41. The number of aliphatic hydroxyl groups excluding tert-OH is 1. The Labute approximate surface area is 102 Å². The lowest BCUT2D eigenvalue weighted by atomic mass is 10.2. The molecule has 0 spiro atoms. The Balaban J connectivity index is 2.60. The maximum Gasteiger partial charge on any atom is 0.328 e. The van der Waals surface area contributed by atoms with Gasteiger partial charge < -0.3 is 20.8 Å². The van der Waals surface area contributed by atoms with Crippen LogP contribution in [0.1, 0.15) is 6.92 Å². The fourth-order valence-corrected chi connectivity index (χ4v) is 1.23. The molecule has 2 amide bonds. The van der Waals surface area contributed by atoms with Crippen LogP contribution in [0.5, 0.6) is 0 Å². The molecule has 0 heterocycles. The van der Waals surface area contributed by atoms with Crippen molar-refractivity contribution < 1.29 is 24.2 Å². The van der Waals surface area contributed by atoms with Gasteiger partial charge >= 0.3 is 12.0 Å². The van der Waals surface area contributed by atoms with Crippen molar-refractivity contribution in [3.8, 4) is 0 Å². The zero-order valence-corrected chi connectivity index (χ0v) is 9.55. The summed E-state index contributed by atoms with van der Waals surface area (Å²) in [7, 11) is 0. The molecule has 6 nitrogen and oxygen atoms in total. The Morgan fingerprint density at radius 2 is 1.83 bits per heavy atom. The first-order valence-corrected chi connectivity index (χ1v) is 5.14. The minimum absolute atomic E-state index is 0.309. The summed E-state index contributed by atoms with van der Waals surface area (Å²) in [6.45, 7) is 1.25. The van der Waals surface area contributed by atoms with E-state index in [2.05, 4.69) is 10.6 Å². The second-order valence-electron chi connectivity index (χ2n) is 3.66. The van der Waals surface area contributed by atoms with Gasteiger partial charge in [-0.15, -0.1) is 0 Å². The van der Waals surface area contributed by atoms with Crippen molar-refractivity contribution in [2.45, 2.75) is 19.1 Å². The number of urea groups is 1. The van der Waals surface area contributed by atoms with Crippen molar-refractivity contribution in [3.05, 3.63) is 30.1 Å². The van der Waals surface area contributed by atoms with Gasteiger partial charge in [0, 0.05) is 5.69 Å². The molecule has 98 valence electrons. The summed E-state index contributed by atoms with van der Waals surface area (Å²) in [5.41, 5.74) is 0.309. The largest absolute Gasteiger partial charge is 0.480 e. The average molecular weight is 256 g/mol. The summed E-state index contributed by atoms with van der Waals surface area (Å²) in [6.07, 6.45) is -1.23. The lowest BCUT2D eigenvalue weighted by Gasteiger charge is -2.17. The molecule has 0 radical (unpaired) electrons. The van der Waals surface area contributed by atoms with E-state index in [1.165, 1.54) is 19.1 Å². The third kappa shape index (κ3) is 4.02. The van der Waals surface area contributed by atoms with E-state index in [0.717, 1.165) is 12.1 Å². The van der Waals surface area contributed by atoms with Crippen LogP contribution in [0.15, 0.2) is 24.3 Å². The standard InChI is InChI=1S/C11H13FN2O4/c1-6(15)9(10(16)17)14-11(18)13-8-4-2-7(12)3-5-8/h2-6,9,15H,1H3,(H,16,17)(H2,13,14,18)/t6-,9+/m1/s1. The van der Waals surface area contributed by atoms with Gasteiger partial charge in [-0.25, -0.2) is 14.0 Å². The number of hydrogen-bond donors (Lipinski definition) is 4. The zero-order valence-electron chi connectivity index (χ0n) is 9.55. The molecule has 0 aliphatic rings. The summed E-state index contributed by atoms with van der Waals surface area (Å²) < 4.78 is 12.6. The Morgan fingerprint density at radius 1 is 1.28 bits per heavy atom. The number of carbonyl (C=O) groups excluding carboxylic acids is 1. The van der Waals surface area contributed by atoms with E-state index in [1.54, 1.807) is 0 Å². The van der Waals surface area contributed by atoms with Crippen LogP contribution in [0, 0.1) is 5.82 Å². The lowest BCUT2D eigenvalue weighted by Crippen LogP contribution is -2.49. The van der Waals surface area contributed by atoms with E-state index in [0.29, 0.717) is 5.69 Å². The Kier molecular flexibility index (Phi) is 4.61. The number of amides is 2. The number of carboxylic acids is 1. The highest BCUT2D eigenvalue weighted by Gasteiger charge is 2.24. The number of anilines is 1. The van der Waals surface area contributed by atoms with Crippen molar-refractivity contribution in [2.75, 3.05) is 5.32 Å². The van der Waals surface area contributed by atoms with Crippen molar-refractivity contribution in [3.63, 3.8) is 0 Å². The number of aliphatic hydroxyl groups is 1. The van der Waals surface area contributed by atoms with Crippen LogP contribution >= 0.6 is 0 Å². The lowest BCUT2D eigenvalue weighted by molar-refractivity contribution is -0.141. The molecule has 1 aromatic carbocycles. The molecule has 7 heteroatoms. The normalized spacial score (nSPS) is 13.5. The number of benzene rings is 1. The number of aliphatic carboxylic acids is 1. The molecule has 1 rings (SSSR count). The van der Waals surface area contributed by atoms with Gasteiger partial charge in [0.05, 0.1) is 6.10 Å². The molecule has 0 fully saturated rings. The number of hydrogen-bond acceptors (Lipinski definition) is 3. The molecule has 0 saturated carbocycles. The summed E-state index contributed by atoms with van der Waals surface area (Å²) in [5.74, 6) is -1.80. The smallest absolute Gasteiger partial charge is 0.328 e. The van der Waals surface area contributed by atoms with Gasteiger partial charge in [-0.05, 0) is 31.2 Å². The molecule has 0 unspecified atom stereocenters. The summed E-state index contributed by atoms with van der Waals surface area (Å²) >= 11 is 0. The van der Waals surface area contributed by atoms with E-state index in [-0.39, 0.29) is 0 Å². The quantitative estimate of drug-likeness (QED) is 0.639. The maximum absolute atomic E-state index is 12.6. The van der Waals surface area contributed by atoms with Gasteiger partial charge in [-0.3, -0.25) is 0 Å². The predicted molar refractivity (Wildman–Crippen MR) is 61.7 cm³/mol. The third-order valence-electron chi connectivity index (χ3n) is 2.14. The summed E-state index contributed by atoms with van der Waals surface area (Å²) in [6, 6.07) is 2.75. The number of carbonyl (C=O) groups is 2. The van der Waals surface area contributed by atoms with Gasteiger partial charge in [0.1, 0.15) is 5.82 Å². The fraction of sp³-hybridized carbons (Fsp3) is 0.273. The van der Waals surface area contributed by atoms with Crippen molar-refractivity contribution in [1.29, 1.82) is 0 Å². The monoisotopic (exact) mass is 256 g/mol. The van der Waals surface area contributed by atoms with Crippen LogP contribution in [0.25, 0.3) is 0 Å². The Hall–Kier alpha value is -2.15. The first kappa shape index (κ1) is 13.9. The highest BCUT2D eigenvalue weighted by Crippen LogP contribution is 2.08. The fourth-order valence-electron chi connectivity index (χ4n) is 1.23. The molecule has 1 aromatic rings. The predicted octanol–water partition coefficient (Wildman–Crippen LogP) is 0.781. The van der Waals surface area contributed by atoms with Gasteiger partial charge in [-0.1, -0.05) is 0 Å². The van der Waals surface area contributed by atoms with Crippen LogP contribution in [0.3, 0.4) is 0 Å². The van der Waals surface area contributed by atoms with Crippen molar-refractivity contribution >= 4 is 17.7 Å². The molecule has 0 aliphatic heterocycles. The molecule has 0 aromatic heterocycles. The zero-order chi connectivity index (χ0) is 13.7. The van der Waals surface area contributed by atoms with Crippen LogP contribution in [0.2, 0.25) is 0 Å². The van der Waals surface area contributed by atoms with Crippen molar-refractivity contribution in [2.24, 2.45) is 0 Å². The SMILES string of the molecule is C[C@@H](O)[C@H](NC(=O)Nc1ccc(F)cc1)C(=O)O. The number of nitrogens with one attached hydrogen (secondary N) is 2. The summed E-state index contributed by atoms with van der Waals surface area (Å²) in [4.78, 5) is 22.1. The minimum Gasteiger partial charge on any atom is -0.480 e. The second-order valence-corrected chi connectivity index (χ2v) is 3.66. The van der Waals surface area contributed by atoms with Crippen LogP contribution in [0.4, 0.5) is 14.9 Å². The van der Waals surface area contributed by atoms with Gasteiger partial charge in [0.15, 0.2) is 6.04 Å². The average Bonchev–Trinajstić information content (AvgIpc) is 2.28. The van der Waals surface area contributed by atoms with E-state index in [9.17, 15) is 14.0 Å². The van der Waals surface area contributed by atoms with E-state index >= 15 is 0 Å². The highest BCUT2D eigenvalue weighted by molar-refractivity contribution is 5.92. The molecular formula is C11H13FN2O4. The number of carboxylic acid groups (broad SMARTS) is 1. The van der Waals surface area contributed by atoms with Gasteiger partial charge in [-0.2, -0.15) is 0 Å². The first-order chi connectivity index (χ1) is 8.40. The molecule has 0 aliphatic carbocycles. The van der Waals surface area contributed by atoms with Crippen LogP contribution < -0.4 is 10.6 Å².